The molecule has 0 spiro atoms. The van der Waals surface area contributed by atoms with E-state index in [-0.39, 0.29) is 5.75 Å². The zero-order valence-corrected chi connectivity index (χ0v) is 12.5. The molecule has 0 saturated heterocycles. The van der Waals surface area contributed by atoms with Crippen LogP contribution in [-0.2, 0) is 0 Å². The van der Waals surface area contributed by atoms with Crippen LogP contribution in [0.4, 0.5) is 13.2 Å². The zero-order valence-electron chi connectivity index (χ0n) is 12.5. The normalized spacial score (nSPS) is 12.1. The average Bonchev–Trinajstić information content (AvgIpc) is 2.89. The quantitative estimate of drug-likeness (QED) is 0.637. The Hall–Kier alpha value is -2.50. The summed E-state index contributed by atoms with van der Waals surface area (Å²) >= 11 is 0. The van der Waals surface area contributed by atoms with Gasteiger partial charge in [0.05, 0.1) is 0 Å². The molecule has 3 aromatic rings. The van der Waals surface area contributed by atoms with Crippen molar-refractivity contribution in [2.75, 3.05) is 0 Å². The third-order valence-corrected chi connectivity index (χ3v) is 3.41. The Balaban J connectivity index is 1.90. The van der Waals surface area contributed by atoms with Gasteiger partial charge in [0, 0.05) is 5.56 Å². The number of oxazole rings is 1. The number of halogens is 3. The Kier molecular flexibility index (Phi) is 3.75. The maximum absolute atomic E-state index is 12.2. The van der Waals surface area contributed by atoms with Crippen molar-refractivity contribution in [1.82, 2.24) is 4.98 Å². The van der Waals surface area contributed by atoms with Gasteiger partial charge in [-0.15, -0.1) is 13.2 Å². The zero-order chi connectivity index (χ0) is 16.6. The Morgan fingerprint density at radius 3 is 2.35 bits per heavy atom. The lowest BCUT2D eigenvalue weighted by atomic mass is 10.0. The van der Waals surface area contributed by atoms with Gasteiger partial charge in [-0.25, -0.2) is 4.98 Å². The minimum atomic E-state index is -4.70. The fourth-order valence-electron chi connectivity index (χ4n) is 2.23. The lowest BCUT2D eigenvalue weighted by Crippen LogP contribution is -2.16. The van der Waals surface area contributed by atoms with Gasteiger partial charge in [0.2, 0.25) is 5.89 Å². The average molecular weight is 321 g/mol. The van der Waals surface area contributed by atoms with Crippen LogP contribution in [-0.4, -0.2) is 11.3 Å². The molecule has 0 aliphatic rings. The fraction of sp³-hybridized carbons (Fsp3) is 0.235. The number of benzene rings is 2. The van der Waals surface area contributed by atoms with Crippen LogP contribution in [0.1, 0.15) is 25.3 Å². The van der Waals surface area contributed by atoms with Crippen LogP contribution in [0.15, 0.2) is 46.9 Å². The molecule has 1 aromatic heterocycles. The molecular formula is C17H14F3NO2. The summed E-state index contributed by atoms with van der Waals surface area (Å²) in [7, 11) is 0. The molecule has 0 atom stereocenters. The highest BCUT2D eigenvalue weighted by molar-refractivity contribution is 5.77. The number of hydrogen-bond acceptors (Lipinski definition) is 3. The number of rotatable bonds is 3. The van der Waals surface area contributed by atoms with E-state index in [1.165, 1.54) is 24.3 Å². The molecule has 2 aromatic carbocycles. The molecule has 3 nitrogen and oxygen atoms in total. The van der Waals surface area contributed by atoms with Crippen LogP contribution < -0.4 is 4.74 Å². The number of ether oxygens (including phenoxy) is 1. The number of fused-ring (bicyclic) bond motifs is 1. The summed E-state index contributed by atoms with van der Waals surface area (Å²) in [4.78, 5) is 4.40. The summed E-state index contributed by atoms with van der Waals surface area (Å²) in [6.07, 6.45) is -4.70. The Morgan fingerprint density at radius 1 is 1.04 bits per heavy atom. The maximum atomic E-state index is 12.2. The molecule has 3 rings (SSSR count). The van der Waals surface area contributed by atoms with Crippen LogP contribution >= 0.6 is 0 Å². The first-order chi connectivity index (χ1) is 10.8. The van der Waals surface area contributed by atoms with Crippen LogP contribution in [0.5, 0.6) is 5.75 Å². The summed E-state index contributed by atoms with van der Waals surface area (Å²) in [5.74, 6) is 0.456. The highest BCUT2D eigenvalue weighted by atomic mass is 19.4. The van der Waals surface area contributed by atoms with Gasteiger partial charge in [0.15, 0.2) is 5.58 Å². The van der Waals surface area contributed by atoms with Crippen molar-refractivity contribution in [3.8, 4) is 17.2 Å². The van der Waals surface area contributed by atoms with E-state index in [1.807, 2.05) is 18.2 Å². The largest absolute Gasteiger partial charge is 0.573 e. The van der Waals surface area contributed by atoms with E-state index in [1.54, 1.807) is 0 Å². The van der Waals surface area contributed by atoms with E-state index in [0.717, 1.165) is 11.1 Å². The highest BCUT2D eigenvalue weighted by Crippen LogP contribution is 2.29. The predicted octanol–water partition coefficient (Wildman–Crippen LogP) is 5.52. The highest BCUT2D eigenvalue weighted by Gasteiger charge is 2.31. The Morgan fingerprint density at radius 2 is 1.74 bits per heavy atom. The van der Waals surface area contributed by atoms with Crippen LogP contribution in [0.2, 0.25) is 0 Å². The van der Waals surface area contributed by atoms with Crippen molar-refractivity contribution in [3.63, 3.8) is 0 Å². The van der Waals surface area contributed by atoms with Gasteiger partial charge in [-0.3, -0.25) is 0 Å². The third-order valence-electron chi connectivity index (χ3n) is 3.41. The topological polar surface area (TPSA) is 35.3 Å². The van der Waals surface area contributed by atoms with Crippen molar-refractivity contribution in [3.05, 3.63) is 48.0 Å². The van der Waals surface area contributed by atoms with E-state index in [4.69, 9.17) is 4.42 Å². The molecule has 0 aliphatic heterocycles. The second-order valence-electron chi connectivity index (χ2n) is 5.47. The molecule has 120 valence electrons. The van der Waals surface area contributed by atoms with Gasteiger partial charge in [-0.05, 0) is 47.9 Å². The molecular weight excluding hydrogens is 307 g/mol. The standard InChI is InChI=1S/C17H14F3NO2/c1-10(2)12-5-8-15-14(9-12)21-16(22-15)11-3-6-13(7-4-11)23-17(18,19)20/h3-10H,1-2H3. The molecule has 0 radical (unpaired) electrons. The maximum Gasteiger partial charge on any atom is 0.573 e. The smallest absolute Gasteiger partial charge is 0.436 e. The first-order valence-corrected chi connectivity index (χ1v) is 7.08. The lowest BCUT2D eigenvalue weighted by Gasteiger charge is -2.08. The van der Waals surface area contributed by atoms with Gasteiger partial charge in [0.1, 0.15) is 11.3 Å². The molecule has 23 heavy (non-hydrogen) atoms. The van der Waals surface area contributed by atoms with Crippen molar-refractivity contribution in [2.24, 2.45) is 0 Å². The van der Waals surface area contributed by atoms with E-state index < -0.39 is 6.36 Å². The minimum absolute atomic E-state index is 0.278. The van der Waals surface area contributed by atoms with Gasteiger partial charge in [-0.1, -0.05) is 19.9 Å². The van der Waals surface area contributed by atoms with E-state index in [2.05, 4.69) is 23.6 Å². The molecule has 0 unspecified atom stereocenters. The summed E-state index contributed by atoms with van der Waals surface area (Å²) in [5.41, 5.74) is 3.09. The predicted molar refractivity (Wildman–Crippen MR) is 80.2 cm³/mol. The van der Waals surface area contributed by atoms with Gasteiger partial charge in [0.25, 0.3) is 0 Å². The molecule has 6 heteroatoms. The second kappa shape index (κ2) is 5.61. The monoisotopic (exact) mass is 321 g/mol. The number of aromatic nitrogens is 1. The van der Waals surface area contributed by atoms with Crippen LogP contribution in [0.3, 0.4) is 0 Å². The molecule has 1 heterocycles. The van der Waals surface area contributed by atoms with Crippen molar-refractivity contribution in [1.29, 1.82) is 0 Å². The first-order valence-electron chi connectivity index (χ1n) is 7.08. The summed E-state index contributed by atoms with van der Waals surface area (Å²) in [6.45, 7) is 4.17. The summed E-state index contributed by atoms with van der Waals surface area (Å²) in [6, 6.07) is 11.2. The SMILES string of the molecule is CC(C)c1ccc2oc(-c3ccc(OC(F)(F)F)cc3)nc2c1. The molecule has 0 saturated carbocycles. The molecule has 0 N–H and O–H groups in total. The van der Waals surface area contributed by atoms with Gasteiger partial charge in [-0.2, -0.15) is 0 Å². The second-order valence-corrected chi connectivity index (χ2v) is 5.47. The minimum Gasteiger partial charge on any atom is -0.436 e. The first kappa shape index (κ1) is 15.4. The Labute approximate surface area is 130 Å². The molecule has 0 amide bonds. The van der Waals surface area contributed by atoms with Crippen molar-refractivity contribution >= 4 is 11.1 Å². The van der Waals surface area contributed by atoms with E-state index in [0.29, 0.717) is 23.0 Å². The van der Waals surface area contributed by atoms with Crippen molar-refractivity contribution in [2.45, 2.75) is 26.1 Å². The molecule has 0 fully saturated rings. The molecule has 0 aliphatic carbocycles. The molecule has 0 bridgehead atoms. The summed E-state index contributed by atoms with van der Waals surface area (Å²) in [5, 5.41) is 0. The number of alkyl halides is 3. The van der Waals surface area contributed by atoms with Crippen LogP contribution in [0, 0.1) is 0 Å². The Bertz CT molecular complexity index is 820. The summed E-state index contributed by atoms with van der Waals surface area (Å²) < 4.78 is 46.0. The van der Waals surface area contributed by atoms with Gasteiger partial charge < -0.3 is 9.15 Å². The van der Waals surface area contributed by atoms with E-state index >= 15 is 0 Å². The number of nitrogens with zero attached hydrogens (tertiary/aromatic N) is 1. The third kappa shape index (κ3) is 3.47. The van der Waals surface area contributed by atoms with E-state index in [9.17, 15) is 13.2 Å². The van der Waals surface area contributed by atoms with Crippen LogP contribution in [0.25, 0.3) is 22.6 Å². The fourth-order valence-corrected chi connectivity index (χ4v) is 2.23. The number of hydrogen-bond donors (Lipinski definition) is 0. The van der Waals surface area contributed by atoms with Crippen molar-refractivity contribution < 1.29 is 22.3 Å². The lowest BCUT2D eigenvalue weighted by molar-refractivity contribution is -0.274. The van der Waals surface area contributed by atoms with Gasteiger partial charge >= 0.3 is 6.36 Å².